The summed E-state index contributed by atoms with van der Waals surface area (Å²) in [4.78, 5) is 16.0. The van der Waals surface area contributed by atoms with E-state index in [1.165, 1.54) is 105 Å². The van der Waals surface area contributed by atoms with Crippen LogP contribution in [0.25, 0.3) is 111 Å². The van der Waals surface area contributed by atoms with Crippen molar-refractivity contribution in [3.63, 3.8) is 0 Å². The van der Waals surface area contributed by atoms with Crippen molar-refractivity contribution in [2.75, 3.05) is 0 Å². The van der Waals surface area contributed by atoms with Crippen LogP contribution in [0, 0.1) is 0 Å². The smallest absolute Gasteiger partial charge is 0.252 e. The first kappa shape index (κ1) is 49.0. The Labute approximate surface area is 465 Å². The van der Waals surface area contributed by atoms with Gasteiger partial charge in [0.2, 0.25) is 0 Å². The molecule has 0 N–H and O–H groups in total. The van der Waals surface area contributed by atoms with Gasteiger partial charge in [0.05, 0.1) is 11.0 Å². The fraction of sp³-hybridized carbons (Fsp3) is 0.219. The molecular weight excluding hydrogens is 958 g/mol. The summed E-state index contributed by atoms with van der Waals surface area (Å²) in [6.07, 6.45) is 0. The summed E-state index contributed by atoms with van der Waals surface area (Å²) in [5, 5.41) is 5.03. The van der Waals surface area contributed by atoms with Crippen molar-refractivity contribution >= 4 is 66.7 Å². The van der Waals surface area contributed by atoms with Crippen LogP contribution >= 0.6 is 0 Å². The van der Waals surface area contributed by atoms with Crippen molar-refractivity contribution in [3.05, 3.63) is 204 Å². The Kier molecular flexibility index (Phi) is 10.6. The first-order chi connectivity index (χ1) is 37.7. The number of hydrogen-bond acceptors (Lipinski definition) is 3. The summed E-state index contributed by atoms with van der Waals surface area (Å²) in [7, 11) is 0. The molecule has 0 saturated heterocycles. The second-order valence-electron chi connectivity index (χ2n) is 26.6. The second-order valence-corrected chi connectivity index (χ2v) is 26.6. The molecule has 0 unspecified atom stereocenters. The van der Waals surface area contributed by atoms with E-state index in [0.29, 0.717) is 17.5 Å². The summed E-state index contributed by atoms with van der Waals surface area (Å²) < 4.78 is 5.19. The van der Waals surface area contributed by atoms with Crippen molar-refractivity contribution in [3.8, 4) is 67.8 Å². The van der Waals surface area contributed by atoms with E-state index in [4.69, 9.17) is 15.0 Å². The highest BCUT2D eigenvalue weighted by molar-refractivity contribution is 7.00. The van der Waals surface area contributed by atoms with E-state index < -0.39 is 0 Å². The van der Waals surface area contributed by atoms with E-state index >= 15 is 0 Å². The molecule has 5 heterocycles. The van der Waals surface area contributed by atoms with Crippen LogP contribution in [-0.4, -0.2) is 30.8 Å². The molecule has 0 radical (unpaired) electrons. The predicted molar refractivity (Wildman–Crippen MR) is 335 cm³/mol. The maximum Gasteiger partial charge on any atom is 0.252 e. The van der Waals surface area contributed by atoms with Gasteiger partial charge in [0, 0.05) is 60.6 Å². The maximum absolute atomic E-state index is 5.42. The Morgan fingerprint density at radius 1 is 0.304 bits per heavy atom. The Hall–Kier alpha value is -8.35. The van der Waals surface area contributed by atoms with Crippen molar-refractivity contribution in [1.29, 1.82) is 0 Å². The normalized spacial score (nSPS) is 13.3. The molecule has 12 aromatic rings. The zero-order chi connectivity index (χ0) is 54.7. The Bertz CT molecular complexity index is 4200. The number of rotatable bonds is 5. The molecule has 9 aromatic carbocycles. The third-order valence-corrected chi connectivity index (χ3v) is 17.2. The first-order valence-corrected chi connectivity index (χ1v) is 28.2. The van der Waals surface area contributed by atoms with Crippen molar-refractivity contribution in [2.24, 2.45) is 0 Å². The van der Waals surface area contributed by atoms with Crippen LogP contribution in [0.2, 0.25) is 0 Å². The molecular formula is C73H66BN5. The number of benzene rings is 9. The molecule has 0 bridgehead atoms. The fourth-order valence-electron chi connectivity index (χ4n) is 12.7. The molecule has 0 fully saturated rings. The minimum atomic E-state index is -0.123. The third-order valence-electron chi connectivity index (χ3n) is 17.2. The zero-order valence-corrected chi connectivity index (χ0v) is 47.6. The van der Waals surface area contributed by atoms with E-state index in [0.717, 1.165) is 28.1 Å². The third kappa shape index (κ3) is 7.84. The highest BCUT2D eigenvalue weighted by Gasteiger charge is 2.42. The Morgan fingerprint density at radius 2 is 0.658 bits per heavy atom. The van der Waals surface area contributed by atoms with Gasteiger partial charge in [0.25, 0.3) is 6.71 Å². The number of fused-ring (bicyclic) bond motifs is 10. The van der Waals surface area contributed by atoms with Gasteiger partial charge in [0.1, 0.15) is 0 Å². The zero-order valence-electron chi connectivity index (χ0n) is 47.6. The van der Waals surface area contributed by atoms with Crippen LogP contribution in [0.3, 0.4) is 0 Å². The molecule has 0 aliphatic carbocycles. The number of aromatic nitrogens is 5. The number of hydrogen-bond donors (Lipinski definition) is 0. The summed E-state index contributed by atoms with van der Waals surface area (Å²) in [5.41, 5.74) is 24.0. The highest BCUT2D eigenvalue weighted by atomic mass is 15.1. The quantitative estimate of drug-likeness (QED) is 0.161. The molecule has 2 aliphatic heterocycles. The lowest BCUT2D eigenvalue weighted by molar-refractivity contribution is 0.590. The topological polar surface area (TPSA) is 48.5 Å². The van der Waals surface area contributed by atoms with Crippen LogP contribution in [0.4, 0.5) is 0 Å². The van der Waals surface area contributed by atoms with Crippen LogP contribution in [0.5, 0.6) is 0 Å². The molecule has 386 valence electrons. The molecule has 0 spiro atoms. The van der Waals surface area contributed by atoms with Gasteiger partial charge in [-0.25, -0.2) is 15.0 Å². The van der Waals surface area contributed by atoms with Gasteiger partial charge >= 0.3 is 0 Å². The molecule has 0 saturated carbocycles. The first-order valence-electron chi connectivity index (χ1n) is 28.2. The fourth-order valence-corrected chi connectivity index (χ4v) is 12.7. The average molecular weight is 1020 g/mol. The van der Waals surface area contributed by atoms with Gasteiger partial charge < -0.3 is 9.13 Å². The predicted octanol–water partition coefficient (Wildman–Crippen LogP) is 16.7. The van der Waals surface area contributed by atoms with Crippen LogP contribution in [0.15, 0.2) is 182 Å². The molecule has 2 aliphatic rings. The van der Waals surface area contributed by atoms with E-state index in [9.17, 15) is 0 Å². The summed E-state index contributed by atoms with van der Waals surface area (Å²) in [5.74, 6) is 1.92. The van der Waals surface area contributed by atoms with Gasteiger partial charge in [-0.3, -0.25) is 0 Å². The average Bonchev–Trinajstić information content (AvgIpc) is 2.56. The standard InChI is InChI=1S/C73H66BN5/c1-70(2,3)50-27-23-43(24-28-50)47-35-56-54-41-52(72(7,8)9)31-33-60(54)78-62-39-49(69-76-67(45-19-15-13-16-20-45)75-68(77-69)46-21-17-14-18-22-46)40-63-64(62)74(58(37-47)65(56)78)59-38-48(44-25-29-51(30-26-44)71(4,5)6)36-57-55-42-53(73(10,11)12)32-34-61(55)79(63)66(57)59/h13-42H,1-12H3. The van der Waals surface area contributed by atoms with Gasteiger partial charge in [-0.2, -0.15) is 0 Å². The summed E-state index contributed by atoms with van der Waals surface area (Å²) >= 11 is 0. The lowest BCUT2D eigenvalue weighted by Gasteiger charge is -2.34. The molecule has 79 heavy (non-hydrogen) atoms. The lowest BCUT2D eigenvalue weighted by atomic mass is 9.34. The highest BCUT2D eigenvalue weighted by Crippen LogP contribution is 2.45. The molecule has 6 heteroatoms. The van der Waals surface area contributed by atoms with Gasteiger partial charge in [-0.15, -0.1) is 0 Å². The van der Waals surface area contributed by atoms with Crippen molar-refractivity contribution < 1.29 is 0 Å². The summed E-state index contributed by atoms with van der Waals surface area (Å²) in [6.45, 7) is 27.6. The van der Waals surface area contributed by atoms with Crippen molar-refractivity contribution in [1.82, 2.24) is 24.1 Å². The van der Waals surface area contributed by atoms with Crippen molar-refractivity contribution in [2.45, 2.75) is 105 Å². The van der Waals surface area contributed by atoms with Crippen LogP contribution in [-0.2, 0) is 21.7 Å². The molecule has 14 rings (SSSR count). The molecule has 0 amide bonds. The minimum absolute atomic E-state index is 0.0371. The molecule has 5 nitrogen and oxygen atoms in total. The van der Waals surface area contributed by atoms with Gasteiger partial charge in [0.15, 0.2) is 17.5 Å². The Balaban J connectivity index is 1.15. The summed E-state index contributed by atoms with van der Waals surface area (Å²) in [6, 6.07) is 68.6. The SMILES string of the molecule is CC(C)(C)c1ccc(-c2cc3c4c(c2)c2cc(C(C)(C)C)ccc2n4-c2cc(-c4nc(-c5ccccc5)nc(-c5ccccc5)n4)cc4c2B3c2cc(-c3ccc(C(C)(C)C)cc3)cc3c5cc(C(C)(C)C)ccc5n-4c23)cc1. The lowest BCUT2D eigenvalue weighted by Crippen LogP contribution is -2.59. The van der Waals surface area contributed by atoms with Crippen LogP contribution in [0.1, 0.15) is 105 Å². The number of nitrogens with zero attached hydrogens (tertiary/aromatic N) is 5. The Morgan fingerprint density at radius 3 is 1.03 bits per heavy atom. The van der Waals surface area contributed by atoms with E-state index in [-0.39, 0.29) is 28.4 Å². The monoisotopic (exact) mass is 1020 g/mol. The van der Waals surface area contributed by atoms with Crippen LogP contribution < -0.4 is 16.4 Å². The maximum atomic E-state index is 5.42. The van der Waals surface area contributed by atoms with E-state index in [2.05, 4.69) is 262 Å². The van der Waals surface area contributed by atoms with E-state index in [1.54, 1.807) is 0 Å². The van der Waals surface area contributed by atoms with E-state index in [1.807, 2.05) is 12.1 Å². The van der Waals surface area contributed by atoms with Gasteiger partial charge in [-0.1, -0.05) is 217 Å². The molecule has 3 aromatic heterocycles. The minimum Gasteiger partial charge on any atom is -0.310 e. The largest absolute Gasteiger partial charge is 0.310 e. The van der Waals surface area contributed by atoms with Gasteiger partial charge in [-0.05, 0) is 131 Å². The second kappa shape index (κ2) is 17.1. The molecule has 0 atom stereocenters.